The van der Waals surface area contributed by atoms with Gasteiger partial charge in [-0.15, -0.1) is 11.3 Å². The predicted octanol–water partition coefficient (Wildman–Crippen LogP) is 3.56. The van der Waals surface area contributed by atoms with Crippen molar-refractivity contribution in [3.63, 3.8) is 0 Å². The summed E-state index contributed by atoms with van der Waals surface area (Å²) in [5.74, 6) is 0.351. The second-order valence-corrected chi connectivity index (χ2v) is 7.47. The number of thiazole rings is 1. The van der Waals surface area contributed by atoms with E-state index in [1.165, 1.54) is 6.20 Å². The van der Waals surface area contributed by atoms with Crippen LogP contribution < -0.4 is 5.32 Å². The van der Waals surface area contributed by atoms with Crippen molar-refractivity contribution in [2.24, 2.45) is 0 Å². The lowest BCUT2D eigenvalue weighted by Gasteiger charge is -2.31. The predicted molar refractivity (Wildman–Crippen MR) is 94.9 cm³/mol. The van der Waals surface area contributed by atoms with E-state index in [-0.39, 0.29) is 11.5 Å². The number of anilines is 2. The maximum Gasteiger partial charge on any atom is 0.393 e. The van der Waals surface area contributed by atoms with Gasteiger partial charge in [-0.1, -0.05) is 0 Å². The Morgan fingerprint density at radius 1 is 1.27 bits per heavy atom. The summed E-state index contributed by atoms with van der Waals surface area (Å²) in [5.41, 5.74) is 1.76. The maximum atomic E-state index is 12.4. The van der Waals surface area contributed by atoms with Crippen molar-refractivity contribution in [3.8, 4) is 0 Å². The number of piperidine rings is 1. The van der Waals surface area contributed by atoms with Gasteiger partial charge in [0.05, 0.1) is 13.0 Å². The molecule has 0 amide bonds. The molecule has 5 nitrogen and oxygen atoms in total. The summed E-state index contributed by atoms with van der Waals surface area (Å²) in [4.78, 5) is 10.9. The molecule has 0 spiro atoms. The number of β-amino-alcohol motifs (C(OH)–C–C–N with tert-alkyl or cyclic N) is 1. The van der Waals surface area contributed by atoms with Gasteiger partial charge in [-0.25, -0.2) is 4.98 Å². The van der Waals surface area contributed by atoms with Crippen LogP contribution in [0.15, 0.2) is 24.5 Å². The molecule has 0 aromatic carbocycles. The van der Waals surface area contributed by atoms with Gasteiger partial charge in [-0.2, -0.15) is 13.2 Å². The minimum Gasteiger partial charge on any atom is -0.395 e. The first-order valence-electron chi connectivity index (χ1n) is 8.50. The molecule has 0 radical (unpaired) electrons. The van der Waals surface area contributed by atoms with Gasteiger partial charge in [0.15, 0.2) is 5.13 Å². The highest BCUT2D eigenvalue weighted by atomic mass is 32.1. The topological polar surface area (TPSA) is 61.3 Å². The Morgan fingerprint density at radius 3 is 2.73 bits per heavy atom. The van der Waals surface area contributed by atoms with E-state index in [4.69, 9.17) is 5.11 Å². The molecule has 1 fully saturated rings. The molecule has 1 saturated heterocycles. The first-order chi connectivity index (χ1) is 12.4. The molecule has 142 valence electrons. The summed E-state index contributed by atoms with van der Waals surface area (Å²) in [7, 11) is 0. The van der Waals surface area contributed by atoms with E-state index in [1.807, 2.05) is 6.07 Å². The average molecular weight is 386 g/mol. The van der Waals surface area contributed by atoms with E-state index < -0.39 is 12.6 Å². The number of nitrogens with zero attached hydrogens (tertiary/aromatic N) is 3. The van der Waals surface area contributed by atoms with Crippen LogP contribution in [0.25, 0.3) is 0 Å². The largest absolute Gasteiger partial charge is 0.395 e. The lowest BCUT2D eigenvalue weighted by molar-refractivity contribution is -0.126. The second-order valence-electron chi connectivity index (χ2n) is 6.36. The molecule has 0 saturated carbocycles. The number of rotatable bonds is 6. The van der Waals surface area contributed by atoms with Crippen molar-refractivity contribution < 1.29 is 18.3 Å². The number of nitrogens with one attached hydrogen (secondary N) is 1. The highest BCUT2D eigenvalue weighted by Gasteiger charge is 2.28. The Kier molecular flexibility index (Phi) is 6.10. The van der Waals surface area contributed by atoms with E-state index in [0.29, 0.717) is 17.6 Å². The van der Waals surface area contributed by atoms with Crippen molar-refractivity contribution >= 4 is 22.2 Å². The molecular formula is C17H21F3N4OS. The van der Waals surface area contributed by atoms with Crippen molar-refractivity contribution in [2.75, 3.05) is 31.6 Å². The molecule has 26 heavy (non-hydrogen) atoms. The molecule has 3 rings (SSSR count). The molecular weight excluding hydrogens is 365 g/mol. The number of likely N-dealkylation sites (tertiary alicyclic amines) is 1. The van der Waals surface area contributed by atoms with Crippen molar-refractivity contribution in [3.05, 3.63) is 35.1 Å². The average Bonchev–Trinajstić information content (AvgIpc) is 3.01. The molecule has 0 unspecified atom stereocenters. The fourth-order valence-electron chi connectivity index (χ4n) is 3.11. The SMILES string of the molecule is OCCN1CCC(c2cc(Nc3ncc(CC(F)(F)F)s3)ccn2)CC1. The zero-order valence-corrected chi connectivity index (χ0v) is 15.0. The van der Waals surface area contributed by atoms with Crippen LogP contribution in [-0.2, 0) is 6.42 Å². The number of aliphatic hydroxyl groups excluding tert-OH is 1. The van der Waals surface area contributed by atoms with Crippen molar-refractivity contribution in [1.82, 2.24) is 14.9 Å². The summed E-state index contributed by atoms with van der Waals surface area (Å²) in [6.07, 6.45) is -0.257. The van der Waals surface area contributed by atoms with Gasteiger partial charge in [-0.05, 0) is 38.1 Å². The molecule has 1 aliphatic heterocycles. The van der Waals surface area contributed by atoms with Gasteiger partial charge < -0.3 is 15.3 Å². The third-order valence-corrected chi connectivity index (χ3v) is 5.30. The van der Waals surface area contributed by atoms with E-state index in [0.717, 1.165) is 48.6 Å². The number of hydrogen-bond acceptors (Lipinski definition) is 6. The van der Waals surface area contributed by atoms with Crippen LogP contribution in [0, 0.1) is 0 Å². The molecule has 1 aliphatic rings. The number of aliphatic hydroxyl groups is 1. The zero-order valence-electron chi connectivity index (χ0n) is 14.2. The normalized spacial score (nSPS) is 16.8. The number of pyridine rings is 1. The molecule has 2 N–H and O–H groups in total. The smallest absolute Gasteiger partial charge is 0.393 e. The molecule has 0 aliphatic carbocycles. The third kappa shape index (κ3) is 5.39. The number of halogens is 3. The Morgan fingerprint density at radius 2 is 2.04 bits per heavy atom. The minimum atomic E-state index is -4.22. The number of hydrogen-bond donors (Lipinski definition) is 2. The summed E-state index contributed by atoms with van der Waals surface area (Å²) in [5, 5.41) is 12.5. The van der Waals surface area contributed by atoms with Crippen LogP contribution in [-0.4, -0.2) is 52.4 Å². The fourth-order valence-corrected chi connectivity index (χ4v) is 3.98. The first-order valence-corrected chi connectivity index (χ1v) is 9.32. The van der Waals surface area contributed by atoms with Crippen molar-refractivity contribution in [1.29, 1.82) is 0 Å². The summed E-state index contributed by atoms with van der Waals surface area (Å²) < 4.78 is 37.3. The van der Waals surface area contributed by atoms with Crippen LogP contribution in [0.1, 0.15) is 29.3 Å². The Hall–Kier alpha value is -1.71. The Balaban J connectivity index is 1.61. The van der Waals surface area contributed by atoms with E-state index in [9.17, 15) is 13.2 Å². The van der Waals surface area contributed by atoms with Crippen LogP contribution in [0.5, 0.6) is 0 Å². The number of alkyl halides is 3. The van der Waals surface area contributed by atoms with Gasteiger partial charge in [0, 0.05) is 41.1 Å². The third-order valence-electron chi connectivity index (χ3n) is 4.38. The molecule has 2 aromatic rings. The van der Waals surface area contributed by atoms with Crippen LogP contribution in [0.4, 0.5) is 24.0 Å². The number of aromatic nitrogens is 2. The standard InChI is InChI=1S/C17H21F3N4OS/c18-17(19,20)10-14-11-22-16(26-14)23-13-1-4-21-15(9-13)12-2-5-24(6-3-12)7-8-25/h1,4,9,11-12,25H,2-3,5-8,10H2,(H,21,22,23). The highest BCUT2D eigenvalue weighted by Crippen LogP contribution is 2.31. The van der Waals surface area contributed by atoms with E-state index >= 15 is 0 Å². The van der Waals surface area contributed by atoms with Gasteiger partial charge in [0.2, 0.25) is 0 Å². The van der Waals surface area contributed by atoms with Gasteiger partial charge >= 0.3 is 6.18 Å². The highest BCUT2D eigenvalue weighted by molar-refractivity contribution is 7.15. The van der Waals surface area contributed by atoms with Gasteiger partial charge in [-0.3, -0.25) is 4.98 Å². The first kappa shape index (κ1) is 19.1. The molecule has 0 bridgehead atoms. The lowest BCUT2D eigenvalue weighted by Crippen LogP contribution is -2.35. The summed E-state index contributed by atoms with van der Waals surface area (Å²) in [6, 6.07) is 3.73. The monoisotopic (exact) mass is 386 g/mol. The van der Waals surface area contributed by atoms with Crippen molar-refractivity contribution in [2.45, 2.75) is 31.4 Å². The van der Waals surface area contributed by atoms with E-state index in [1.54, 1.807) is 12.3 Å². The van der Waals surface area contributed by atoms with Crippen LogP contribution in [0.2, 0.25) is 0 Å². The van der Waals surface area contributed by atoms with Crippen LogP contribution >= 0.6 is 11.3 Å². The van der Waals surface area contributed by atoms with Gasteiger partial charge in [0.1, 0.15) is 0 Å². The molecule has 9 heteroatoms. The molecule has 0 atom stereocenters. The molecule has 3 heterocycles. The summed E-state index contributed by atoms with van der Waals surface area (Å²) >= 11 is 1.01. The quantitative estimate of drug-likeness (QED) is 0.795. The Bertz CT molecular complexity index is 714. The molecule has 2 aromatic heterocycles. The zero-order chi connectivity index (χ0) is 18.6. The lowest BCUT2D eigenvalue weighted by atomic mass is 9.93. The maximum absolute atomic E-state index is 12.4. The fraction of sp³-hybridized carbons (Fsp3) is 0.529. The Labute approximate surface area is 153 Å². The summed E-state index contributed by atoms with van der Waals surface area (Å²) in [6.45, 7) is 2.73. The van der Waals surface area contributed by atoms with E-state index in [2.05, 4.69) is 20.2 Å². The van der Waals surface area contributed by atoms with Gasteiger partial charge in [0.25, 0.3) is 0 Å². The minimum absolute atomic E-state index is 0.173. The second kappa shape index (κ2) is 8.32. The van der Waals surface area contributed by atoms with Crippen LogP contribution in [0.3, 0.4) is 0 Å².